The molecule has 4 N–H and O–H groups in total. The summed E-state index contributed by atoms with van der Waals surface area (Å²) in [5.41, 5.74) is -0.801. The van der Waals surface area contributed by atoms with E-state index in [9.17, 15) is 29.1 Å². The highest BCUT2D eigenvalue weighted by atomic mass is 16.6. The van der Waals surface area contributed by atoms with Crippen LogP contribution in [0.3, 0.4) is 0 Å². The van der Waals surface area contributed by atoms with Gasteiger partial charge in [-0.15, -0.1) is 0 Å². The van der Waals surface area contributed by atoms with E-state index in [1.54, 1.807) is 41.5 Å². The fraction of sp³-hybridized carbons (Fsp3) is 0.865. The van der Waals surface area contributed by atoms with Gasteiger partial charge in [0.15, 0.2) is 0 Å². The number of alkyl carbamates (subject to hydrolysis) is 1. The van der Waals surface area contributed by atoms with E-state index in [-0.39, 0.29) is 51.4 Å². The van der Waals surface area contributed by atoms with Crippen LogP contribution in [0.2, 0.25) is 0 Å². The lowest BCUT2D eigenvalue weighted by molar-refractivity contribution is -0.249. The number of rotatable bonds is 17. The number of amides is 3. The molecule has 0 aromatic carbocycles. The molecule has 0 heterocycles. The van der Waals surface area contributed by atoms with Gasteiger partial charge in [-0.1, -0.05) is 72.5 Å². The highest BCUT2D eigenvalue weighted by molar-refractivity contribution is 5.85. The number of hydrogen-bond donors (Lipinski definition) is 4. The van der Waals surface area contributed by atoms with Crippen molar-refractivity contribution in [1.29, 1.82) is 0 Å². The summed E-state index contributed by atoms with van der Waals surface area (Å²) in [6.45, 7) is 30.5. The summed E-state index contributed by atoms with van der Waals surface area (Å²) in [7, 11) is 0. The molecule has 63 heavy (non-hydrogen) atoms. The largest absolute Gasteiger partial charge is 0.481 e. The Morgan fingerprint density at radius 2 is 1.37 bits per heavy atom. The first kappa shape index (κ1) is 50.9. The zero-order chi connectivity index (χ0) is 47.0. The second-order valence-corrected chi connectivity index (χ2v) is 24.1. The number of nitrogens with one attached hydrogen (secondary N) is 3. The Morgan fingerprint density at radius 1 is 0.746 bits per heavy atom. The maximum Gasteiger partial charge on any atom is 0.408 e. The van der Waals surface area contributed by atoms with Crippen LogP contribution in [0.25, 0.3) is 0 Å². The van der Waals surface area contributed by atoms with Crippen LogP contribution in [0.4, 0.5) is 4.79 Å². The number of esters is 1. The zero-order valence-electron chi connectivity index (χ0n) is 41.5. The molecule has 11 heteroatoms. The Balaban J connectivity index is 1.14. The molecule has 0 saturated heterocycles. The van der Waals surface area contributed by atoms with E-state index in [0.29, 0.717) is 42.7 Å². The van der Waals surface area contributed by atoms with Crippen LogP contribution in [0.5, 0.6) is 0 Å². The predicted molar refractivity (Wildman–Crippen MR) is 247 cm³/mol. The van der Waals surface area contributed by atoms with Crippen molar-refractivity contribution in [3.05, 3.63) is 12.2 Å². The van der Waals surface area contributed by atoms with Gasteiger partial charge in [0.25, 0.3) is 0 Å². The van der Waals surface area contributed by atoms with Gasteiger partial charge in [-0.25, -0.2) is 4.79 Å². The number of hydrogen-bond acceptors (Lipinski definition) is 7. The summed E-state index contributed by atoms with van der Waals surface area (Å²) in [6, 6.07) is -0.666. The minimum atomic E-state index is -1.16. The second-order valence-electron chi connectivity index (χ2n) is 24.1. The molecule has 5 rings (SSSR count). The van der Waals surface area contributed by atoms with E-state index < -0.39 is 35.1 Å². The zero-order valence-corrected chi connectivity index (χ0v) is 41.5. The van der Waals surface area contributed by atoms with Gasteiger partial charge < -0.3 is 30.5 Å². The van der Waals surface area contributed by atoms with Gasteiger partial charge in [-0.3, -0.25) is 19.2 Å². The number of carboxylic acid groups (broad SMARTS) is 1. The van der Waals surface area contributed by atoms with E-state index in [1.165, 1.54) is 5.57 Å². The number of allylic oxidation sites excluding steroid dienone is 1. The van der Waals surface area contributed by atoms with E-state index >= 15 is 0 Å². The van der Waals surface area contributed by atoms with Crippen molar-refractivity contribution in [2.45, 2.75) is 210 Å². The monoisotopic (exact) mass is 882 g/mol. The Labute approximate surface area is 380 Å². The van der Waals surface area contributed by atoms with Crippen LogP contribution in [0, 0.1) is 62.1 Å². The first-order valence-electron chi connectivity index (χ1n) is 24.8. The quantitative estimate of drug-likeness (QED) is 0.0638. The van der Waals surface area contributed by atoms with Crippen molar-refractivity contribution in [1.82, 2.24) is 16.0 Å². The molecule has 5 aliphatic carbocycles. The van der Waals surface area contributed by atoms with E-state index in [1.807, 2.05) is 0 Å². The van der Waals surface area contributed by atoms with Crippen molar-refractivity contribution in [3.63, 3.8) is 0 Å². The maximum atomic E-state index is 14.6. The number of carbonyl (C=O) groups excluding carboxylic acids is 4. The Bertz CT molecular complexity index is 1720. The molecule has 11 nitrogen and oxygen atoms in total. The average Bonchev–Trinajstić information content (AvgIpc) is 3.57. The van der Waals surface area contributed by atoms with Gasteiger partial charge in [0.2, 0.25) is 11.8 Å². The number of aliphatic carboxylic acids is 1. The smallest absolute Gasteiger partial charge is 0.408 e. The van der Waals surface area contributed by atoms with Crippen molar-refractivity contribution in [2.24, 2.45) is 62.1 Å². The molecule has 3 amide bonds. The summed E-state index contributed by atoms with van der Waals surface area (Å²) in [6.07, 6.45) is 15.4. The lowest BCUT2D eigenvalue weighted by Gasteiger charge is -2.72. The van der Waals surface area contributed by atoms with E-state index in [4.69, 9.17) is 9.47 Å². The van der Waals surface area contributed by atoms with Gasteiger partial charge in [0.1, 0.15) is 17.7 Å². The first-order chi connectivity index (χ1) is 29.2. The molecule has 0 aromatic rings. The molecule has 0 aliphatic heterocycles. The topological polar surface area (TPSA) is 160 Å². The molecule has 0 spiro atoms. The van der Waals surface area contributed by atoms with Crippen LogP contribution in [-0.2, 0) is 28.7 Å². The average molecular weight is 882 g/mol. The number of carboxylic acids is 1. The normalized spacial score (nSPS) is 35.0. The number of carbonyl (C=O) groups is 5. The maximum absolute atomic E-state index is 14.6. The molecule has 0 unspecified atom stereocenters. The summed E-state index contributed by atoms with van der Waals surface area (Å²) in [4.78, 5) is 63.9. The molecule has 5 fully saturated rings. The van der Waals surface area contributed by atoms with Crippen LogP contribution in [0.15, 0.2) is 12.2 Å². The van der Waals surface area contributed by atoms with Crippen LogP contribution in [0.1, 0.15) is 192 Å². The van der Waals surface area contributed by atoms with Gasteiger partial charge in [-0.2, -0.15) is 0 Å². The van der Waals surface area contributed by atoms with Gasteiger partial charge in [0, 0.05) is 18.5 Å². The first-order valence-corrected chi connectivity index (χ1v) is 24.8. The fourth-order valence-corrected chi connectivity index (χ4v) is 14.6. The van der Waals surface area contributed by atoms with Crippen LogP contribution in [-0.4, -0.2) is 65.8 Å². The molecule has 0 radical (unpaired) electrons. The summed E-state index contributed by atoms with van der Waals surface area (Å²) in [5, 5.41) is 18.6. The molecular weight excluding hydrogens is 795 g/mol. The summed E-state index contributed by atoms with van der Waals surface area (Å²) < 4.78 is 11.4. The predicted octanol–water partition coefficient (Wildman–Crippen LogP) is 10.5. The van der Waals surface area contributed by atoms with Gasteiger partial charge in [0.05, 0.1) is 17.3 Å². The molecule has 0 bridgehead atoms. The summed E-state index contributed by atoms with van der Waals surface area (Å²) >= 11 is 0. The molecular formula is C52H87N3O8. The van der Waals surface area contributed by atoms with E-state index in [2.05, 4.69) is 64.1 Å². The third-order valence-electron chi connectivity index (χ3n) is 18.2. The van der Waals surface area contributed by atoms with Crippen molar-refractivity contribution in [2.75, 3.05) is 13.1 Å². The van der Waals surface area contributed by atoms with Crippen molar-refractivity contribution < 1.29 is 38.6 Å². The molecule has 5 aliphatic rings. The second kappa shape index (κ2) is 19.0. The molecule has 11 atom stereocenters. The van der Waals surface area contributed by atoms with Gasteiger partial charge in [-0.05, 0) is 171 Å². The standard InChI is InChI=1S/C52H87N3O8/c1-33(2)35-22-27-52(43(58)54-31-19-17-15-14-16-18-30-53-42(57)34(3)55-45(61)63-46(4,5)6)29-28-50(12)36(41(35)52)20-21-38-49(11)25-24-39(62-40(56)32-47(7,8)44(59)60)48(9,10)37(49)23-26-51(38,50)13/h34-39,41H,1,14-32H2,2-13H3,(H,53,57)(H,54,58)(H,55,61)(H,59,60)/t34-,35-,36+,37-,38+,39-,41+,49-,50+,51+,52-/m0/s1. The fourth-order valence-electron chi connectivity index (χ4n) is 14.6. The molecule has 358 valence electrons. The third kappa shape index (κ3) is 10.2. The number of ether oxygens (including phenoxy) is 2. The minimum absolute atomic E-state index is 0.0971. The minimum Gasteiger partial charge on any atom is -0.481 e. The molecule has 5 saturated carbocycles. The number of fused-ring (bicyclic) bond motifs is 7. The number of unbranched alkanes of at least 4 members (excludes halogenated alkanes) is 5. The van der Waals surface area contributed by atoms with E-state index in [0.717, 1.165) is 103 Å². The Hall–Kier alpha value is -3.11. The third-order valence-corrected chi connectivity index (χ3v) is 18.2. The van der Waals surface area contributed by atoms with Crippen LogP contribution < -0.4 is 16.0 Å². The highest BCUT2D eigenvalue weighted by Gasteiger charge is 2.72. The van der Waals surface area contributed by atoms with Crippen molar-refractivity contribution in [3.8, 4) is 0 Å². The Kier molecular flexibility index (Phi) is 15.4. The van der Waals surface area contributed by atoms with Crippen LogP contribution >= 0.6 is 0 Å². The lowest BCUT2D eigenvalue weighted by Crippen LogP contribution is -2.67. The van der Waals surface area contributed by atoms with Gasteiger partial charge >= 0.3 is 18.0 Å². The van der Waals surface area contributed by atoms with Crippen molar-refractivity contribution >= 4 is 29.8 Å². The lowest BCUT2D eigenvalue weighted by atomic mass is 9.32. The summed E-state index contributed by atoms with van der Waals surface area (Å²) in [5.74, 6) is 0.700. The molecule has 0 aromatic heterocycles. The highest BCUT2D eigenvalue weighted by Crippen LogP contribution is 2.77. The SMILES string of the molecule is C=C(C)[C@@H]1CC[C@]2(C(=O)NCCCCCCCCNC(=O)[C@H](C)NC(=O)OC(C)(C)C)CC[C@]3(C)[C@H](CC[C@@H]4[C@@]5(C)CC[C@H](OC(=O)CC(C)(C)C(=O)O)C(C)(C)[C@@H]5CC[C@]43C)[C@@H]12. The Morgan fingerprint density at radius 3 is 1.97 bits per heavy atom.